The highest BCUT2D eigenvalue weighted by Crippen LogP contribution is 2.35. The van der Waals surface area contributed by atoms with E-state index in [0.717, 1.165) is 5.56 Å². The fraction of sp³-hybridized carbons (Fsp3) is 0.267. The zero-order chi connectivity index (χ0) is 17.2. The van der Waals surface area contributed by atoms with E-state index in [1.165, 1.54) is 16.4 Å². The van der Waals surface area contributed by atoms with Crippen LogP contribution in [0.5, 0.6) is 0 Å². The second-order valence-electron chi connectivity index (χ2n) is 5.20. The molecule has 0 spiro atoms. The van der Waals surface area contributed by atoms with Crippen molar-refractivity contribution in [1.82, 2.24) is 9.29 Å². The third-order valence-electron chi connectivity index (χ3n) is 3.17. The summed E-state index contributed by atoms with van der Waals surface area (Å²) < 4.78 is 28.1. The van der Waals surface area contributed by atoms with Crippen LogP contribution in [0, 0.1) is 0 Å². The van der Waals surface area contributed by atoms with E-state index in [9.17, 15) is 8.42 Å². The molecule has 23 heavy (non-hydrogen) atoms. The summed E-state index contributed by atoms with van der Waals surface area (Å²) in [5, 5.41) is 0.169. The predicted octanol–water partition coefficient (Wildman–Crippen LogP) is 4.75. The van der Waals surface area contributed by atoms with E-state index in [-0.39, 0.29) is 27.5 Å². The maximum absolute atomic E-state index is 13.1. The highest BCUT2D eigenvalue weighted by molar-refractivity contribution is 9.10. The van der Waals surface area contributed by atoms with Gasteiger partial charge < -0.3 is 0 Å². The topological polar surface area (TPSA) is 50.3 Å². The average Bonchev–Trinajstić information content (AvgIpc) is 2.43. The van der Waals surface area contributed by atoms with Crippen molar-refractivity contribution < 1.29 is 8.42 Å². The second kappa shape index (κ2) is 7.49. The molecule has 8 heteroatoms. The van der Waals surface area contributed by atoms with Gasteiger partial charge in [0.2, 0.25) is 10.0 Å². The molecule has 0 N–H and O–H groups in total. The van der Waals surface area contributed by atoms with Gasteiger partial charge in [-0.25, -0.2) is 8.42 Å². The Morgan fingerprint density at radius 1 is 1.26 bits per heavy atom. The molecule has 4 nitrogen and oxygen atoms in total. The Kier molecular flexibility index (Phi) is 6.08. The molecule has 0 atom stereocenters. The molecular weight excluding hydrogens is 423 g/mol. The Hall–Kier alpha value is -0.660. The summed E-state index contributed by atoms with van der Waals surface area (Å²) in [6.45, 7) is 3.79. The van der Waals surface area contributed by atoms with Crippen molar-refractivity contribution in [1.29, 1.82) is 0 Å². The molecule has 0 saturated carbocycles. The van der Waals surface area contributed by atoms with Gasteiger partial charge in [-0.1, -0.05) is 45.2 Å². The number of sulfonamides is 1. The van der Waals surface area contributed by atoms with E-state index in [1.54, 1.807) is 32.3 Å². The number of hydrogen-bond donors (Lipinski definition) is 0. The molecule has 1 aromatic carbocycles. The van der Waals surface area contributed by atoms with Crippen LogP contribution < -0.4 is 0 Å². The minimum atomic E-state index is -3.86. The van der Waals surface area contributed by atoms with E-state index in [0.29, 0.717) is 4.47 Å². The van der Waals surface area contributed by atoms with Crippen LogP contribution in [0.15, 0.2) is 46.0 Å². The molecule has 0 fully saturated rings. The standard InChI is InChI=1S/C15H15BrCl2N2O2S/c1-10(2)20(9-11-4-3-5-19-8-11)23(21,22)15-13(17)6-12(16)7-14(15)18/h3-8,10H,9H2,1-2H3. The Balaban J connectivity index is 2.50. The lowest BCUT2D eigenvalue weighted by molar-refractivity contribution is 0.348. The lowest BCUT2D eigenvalue weighted by Gasteiger charge is -2.26. The largest absolute Gasteiger partial charge is 0.264 e. The van der Waals surface area contributed by atoms with Gasteiger partial charge in [0.1, 0.15) is 4.90 Å². The van der Waals surface area contributed by atoms with Crippen LogP contribution >= 0.6 is 39.1 Å². The third-order valence-corrected chi connectivity index (χ3v) is 6.57. The van der Waals surface area contributed by atoms with E-state index >= 15 is 0 Å². The van der Waals surface area contributed by atoms with Gasteiger partial charge in [-0.15, -0.1) is 0 Å². The Morgan fingerprint density at radius 2 is 1.87 bits per heavy atom. The van der Waals surface area contributed by atoms with E-state index in [1.807, 2.05) is 6.07 Å². The quantitative estimate of drug-likeness (QED) is 0.677. The SMILES string of the molecule is CC(C)N(Cc1cccnc1)S(=O)(=O)c1c(Cl)cc(Br)cc1Cl. The fourth-order valence-corrected chi connectivity index (χ4v) is 5.62. The monoisotopic (exact) mass is 436 g/mol. The molecule has 124 valence electrons. The number of rotatable bonds is 5. The molecule has 0 radical (unpaired) electrons. The van der Waals surface area contributed by atoms with E-state index in [2.05, 4.69) is 20.9 Å². The van der Waals surface area contributed by atoms with Gasteiger partial charge >= 0.3 is 0 Å². The van der Waals surface area contributed by atoms with Gasteiger partial charge in [-0.3, -0.25) is 4.98 Å². The van der Waals surface area contributed by atoms with Gasteiger partial charge in [0.15, 0.2) is 0 Å². The molecule has 0 unspecified atom stereocenters. The maximum Gasteiger partial charge on any atom is 0.246 e. The van der Waals surface area contributed by atoms with Crippen molar-refractivity contribution in [2.24, 2.45) is 0 Å². The van der Waals surface area contributed by atoms with Crippen molar-refractivity contribution in [2.45, 2.75) is 31.3 Å². The molecule has 0 amide bonds. The van der Waals surface area contributed by atoms with Gasteiger partial charge in [0.25, 0.3) is 0 Å². The summed E-state index contributed by atoms with van der Waals surface area (Å²) in [5.41, 5.74) is 0.786. The highest BCUT2D eigenvalue weighted by Gasteiger charge is 2.31. The Labute approximate surface area is 154 Å². The smallest absolute Gasteiger partial charge is 0.246 e. The molecule has 2 aromatic rings. The first-order valence-corrected chi connectivity index (χ1v) is 9.77. The highest BCUT2D eigenvalue weighted by atomic mass is 79.9. The van der Waals surface area contributed by atoms with Gasteiger partial charge in [0, 0.05) is 29.5 Å². The second-order valence-corrected chi connectivity index (χ2v) is 8.76. The van der Waals surface area contributed by atoms with Crippen LogP contribution in [0.2, 0.25) is 10.0 Å². The van der Waals surface area contributed by atoms with Gasteiger partial charge in [0.05, 0.1) is 10.0 Å². The minimum absolute atomic E-state index is 0.0818. The Bertz CT molecular complexity index is 775. The number of halogens is 3. The van der Waals surface area contributed by atoms with Crippen LogP contribution in [0.25, 0.3) is 0 Å². The zero-order valence-corrected chi connectivity index (χ0v) is 16.4. The molecule has 0 aliphatic carbocycles. The molecular formula is C15H15BrCl2N2O2S. The normalized spacial score (nSPS) is 12.1. The van der Waals surface area contributed by atoms with Gasteiger partial charge in [-0.2, -0.15) is 4.31 Å². The first-order valence-electron chi connectivity index (χ1n) is 6.78. The fourth-order valence-electron chi connectivity index (χ4n) is 2.11. The molecule has 0 saturated heterocycles. The number of benzene rings is 1. The average molecular weight is 438 g/mol. The predicted molar refractivity (Wildman–Crippen MR) is 96.3 cm³/mol. The molecule has 0 bridgehead atoms. The van der Waals surface area contributed by atoms with E-state index < -0.39 is 10.0 Å². The number of nitrogens with zero attached hydrogens (tertiary/aromatic N) is 2. The number of pyridine rings is 1. The lowest BCUT2D eigenvalue weighted by Crippen LogP contribution is -2.36. The molecule has 1 aromatic heterocycles. The molecule has 0 aliphatic heterocycles. The van der Waals surface area contributed by atoms with Crippen molar-refractivity contribution in [3.8, 4) is 0 Å². The zero-order valence-electron chi connectivity index (χ0n) is 12.5. The van der Waals surface area contributed by atoms with Crippen molar-refractivity contribution >= 4 is 49.2 Å². The number of hydrogen-bond acceptors (Lipinski definition) is 3. The summed E-state index contributed by atoms with van der Waals surface area (Å²) >= 11 is 15.5. The van der Waals surface area contributed by atoms with Crippen LogP contribution in [-0.4, -0.2) is 23.7 Å². The summed E-state index contributed by atoms with van der Waals surface area (Å²) in [6.07, 6.45) is 3.27. The summed E-state index contributed by atoms with van der Waals surface area (Å²) in [4.78, 5) is 3.94. The third kappa shape index (κ3) is 4.25. The molecule has 2 rings (SSSR count). The van der Waals surface area contributed by atoms with E-state index in [4.69, 9.17) is 23.2 Å². The Morgan fingerprint density at radius 3 is 2.35 bits per heavy atom. The van der Waals surface area contributed by atoms with Crippen molar-refractivity contribution in [2.75, 3.05) is 0 Å². The maximum atomic E-state index is 13.1. The van der Waals surface area contributed by atoms with Crippen LogP contribution in [0.4, 0.5) is 0 Å². The van der Waals surface area contributed by atoms with Crippen LogP contribution in [0.1, 0.15) is 19.4 Å². The first-order chi connectivity index (χ1) is 10.7. The minimum Gasteiger partial charge on any atom is -0.264 e. The van der Waals surface area contributed by atoms with Crippen molar-refractivity contribution in [3.63, 3.8) is 0 Å². The summed E-state index contributed by atoms with van der Waals surface area (Å²) in [7, 11) is -3.86. The van der Waals surface area contributed by atoms with Gasteiger partial charge in [-0.05, 0) is 37.6 Å². The summed E-state index contributed by atoms with van der Waals surface area (Å²) in [5.74, 6) is 0. The summed E-state index contributed by atoms with van der Waals surface area (Å²) in [6, 6.07) is 6.35. The molecule has 1 heterocycles. The van der Waals surface area contributed by atoms with Crippen LogP contribution in [0.3, 0.4) is 0 Å². The lowest BCUT2D eigenvalue weighted by atomic mass is 10.2. The van der Waals surface area contributed by atoms with Crippen LogP contribution in [-0.2, 0) is 16.6 Å². The first kappa shape index (κ1) is 18.7. The van der Waals surface area contributed by atoms with Crippen molar-refractivity contribution in [3.05, 3.63) is 56.7 Å². The molecule has 0 aliphatic rings. The number of aromatic nitrogens is 1.